The van der Waals surface area contributed by atoms with Crippen LogP contribution in [0, 0.1) is 16.0 Å². The van der Waals surface area contributed by atoms with Gasteiger partial charge in [-0.2, -0.15) is 0 Å². The average molecular weight is 279 g/mol. The van der Waals surface area contributed by atoms with Crippen molar-refractivity contribution in [3.05, 3.63) is 44.0 Å². The van der Waals surface area contributed by atoms with Gasteiger partial charge in [0.2, 0.25) is 5.70 Å². The molecule has 1 fully saturated rings. The molecule has 0 aromatic rings. The Hall–Kier alpha value is -1.27. The van der Waals surface area contributed by atoms with Gasteiger partial charge in [-0.1, -0.05) is 18.7 Å². The fraction of sp³-hybridized carbons (Fsp3) is 0.538. The first-order valence-corrected chi connectivity index (χ1v) is 7.43. The Kier molecular flexibility index (Phi) is 3.36. The summed E-state index contributed by atoms with van der Waals surface area (Å²) in [6, 6.07) is 0.305. The largest absolute Gasteiger partial charge is 0.389 e. The van der Waals surface area contributed by atoms with Gasteiger partial charge in [-0.25, -0.2) is 0 Å². The highest BCUT2D eigenvalue weighted by Crippen LogP contribution is 2.51. The second kappa shape index (κ2) is 5.02. The maximum Gasteiger partial charge on any atom is 0.246 e. The average Bonchev–Trinajstić information content (AvgIpc) is 2.64. The third-order valence-corrected chi connectivity index (χ3v) is 5.23. The van der Waals surface area contributed by atoms with E-state index in [2.05, 4.69) is 23.3 Å². The molecule has 0 aromatic heterocycles. The summed E-state index contributed by atoms with van der Waals surface area (Å²) >= 11 is 1.78. The van der Waals surface area contributed by atoms with E-state index in [1.165, 1.54) is 9.81 Å². The van der Waals surface area contributed by atoms with Crippen LogP contribution >= 0.6 is 11.8 Å². The second-order valence-electron chi connectivity index (χ2n) is 4.97. The van der Waals surface area contributed by atoms with Crippen molar-refractivity contribution in [2.75, 3.05) is 19.6 Å². The molecule has 3 aliphatic rings. The van der Waals surface area contributed by atoms with Crippen LogP contribution in [0.4, 0.5) is 0 Å². The van der Waals surface area contributed by atoms with Gasteiger partial charge in [0.05, 0.1) is 11.0 Å². The lowest BCUT2D eigenvalue weighted by molar-refractivity contribution is -0.429. The predicted molar refractivity (Wildman–Crippen MR) is 76.0 cm³/mol. The highest BCUT2D eigenvalue weighted by atomic mass is 32.2. The van der Waals surface area contributed by atoms with Crippen LogP contribution in [0.3, 0.4) is 0 Å². The maximum atomic E-state index is 11.0. The van der Waals surface area contributed by atoms with Crippen molar-refractivity contribution in [3.63, 3.8) is 0 Å². The monoisotopic (exact) mass is 279 g/mol. The van der Waals surface area contributed by atoms with E-state index in [1.807, 2.05) is 6.08 Å². The van der Waals surface area contributed by atoms with Crippen LogP contribution in [0.5, 0.6) is 0 Å². The zero-order chi connectivity index (χ0) is 13.4. The molecule has 102 valence electrons. The molecule has 1 N–H and O–H groups in total. The van der Waals surface area contributed by atoms with Crippen molar-refractivity contribution in [1.29, 1.82) is 0 Å². The van der Waals surface area contributed by atoms with Crippen LogP contribution in [-0.2, 0) is 0 Å². The molecule has 6 heteroatoms. The maximum absolute atomic E-state index is 11.0. The molecule has 2 atom stereocenters. The van der Waals surface area contributed by atoms with Crippen molar-refractivity contribution >= 4 is 11.8 Å². The molecule has 1 saturated heterocycles. The number of thioether (sulfide) groups is 1. The van der Waals surface area contributed by atoms with Crippen molar-refractivity contribution in [1.82, 2.24) is 10.2 Å². The van der Waals surface area contributed by atoms with E-state index in [4.69, 9.17) is 0 Å². The molecule has 0 amide bonds. The normalized spacial score (nSPS) is 30.3. The molecule has 0 radical (unpaired) electrons. The number of hydrogen-bond acceptors (Lipinski definition) is 5. The topological polar surface area (TPSA) is 58.4 Å². The number of rotatable bonds is 2. The van der Waals surface area contributed by atoms with Gasteiger partial charge in [-0.15, -0.1) is 0 Å². The Balaban J connectivity index is 1.92. The number of nitro groups is 1. The minimum Gasteiger partial charge on any atom is -0.389 e. The molecular weight excluding hydrogens is 262 g/mol. The molecule has 2 aliphatic heterocycles. The van der Waals surface area contributed by atoms with Crippen LogP contribution in [0.1, 0.15) is 13.3 Å². The zero-order valence-corrected chi connectivity index (χ0v) is 11.7. The summed E-state index contributed by atoms with van der Waals surface area (Å²) in [5, 5.41) is 14.3. The van der Waals surface area contributed by atoms with Crippen LogP contribution < -0.4 is 5.32 Å². The first-order chi connectivity index (χ1) is 9.20. The molecule has 19 heavy (non-hydrogen) atoms. The lowest BCUT2D eigenvalue weighted by Crippen LogP contribution is -2.40. The standard InChI is InChI=1S/C13H17N3O2S/c1-2-15-6-5-14-8-12-13(15)10-7-9(16(17)18)3-4-11(10)19-12/h3-4,8,10,13-14H,2,5-7H2,1H3. The lowest BCUT2D eigenvalue weighted by Gasteiger charge is -2.31. The van der Waals surface area contributed by atoms with E-state index in [9.17, 15) is 10.1 Å². The SMILES string of the molecule is CCN1CCNC=C2SC3=CC=C([N+](=O)[O-])CC3C21. The Morgan fingerprint density at radius 3 is 3.11 bits per heavy atom. The van der Waals surface area contributed by atoms with Crippen LogP contribution in [0.25, 0.3) is 0 Å². The van der Waals surface area contributed by atoms with Gasteiger partial charge in [0.25, 0.3) is 0 Å². The zero-order valence-electron chi connectivity index (χ0n) is 10.8. The van der Waals surface area contributed by atoms with E-state index >= 15 is 0 Å². The third-order valence-electron chi connectivity index (χ3n) is 3.96. The van der Waals surface area contributed by atoms with E-state index in [1.54, 1.807) is 17.8 Å². The van der Waals surface area contributed by atoms with Crippen molar-refractivity contribution in [2.24, 2.45) is 5.92 Å². The molecule has 3 rings (SSSR count). The second-order valence-corrected chi connectivity index (χ2v) is 6.12. The van der Waals surface area contributed by atoms with Crippen molar-refractivity contribution in [3.8, 4) is 0 Å². The quantitative estimate of drug-likeness (QED) is 0.618. The molecule has 2 heterocycles. The Morgan fingerprint density at radius 1 is 1.53 bits per heavy atom. The van der Waals surface area contributed by atoms with Gasteiger partial charge in [-0.05, 0) is 17.5 Å². The van der Waals surface area contributed by atoms with Gasteiger partial charge >= 0.3 is 0 Å². The van der Waals surface area contributed by atoms with Gasteiger partial charge in [0.15, 0.2) is 0 Å². The van der Waals surface area contributed by atoms with E-state index in [0.29, 0.717) is 18.2 Å². The minimum absolute atomic E-state index is 0.245. The van der Waals surface area contributed by atoms with Gasteiger partial charge in [-0.3, -0.25) is 15.0 Å². The van der Waals surface area contributed by atoms with Crippen LogP contribution in [0.15, 0.2) is 33.9 Å². The smallest absolute Gasteiger partial charge is 0.246 e. The summed E-state index contributed by atoms with van der Waals surface area (Å²) in [6.45, 7) is 5.06. The molecule has 0 aromatic carbocycles. The summed E-state index contributed by atoms with van der Waals surface area (Å²) in [5.74, 6) is 0.251. The number of nitrogens with one attached hydrogen (secondary N) is 1. The van der Waals surface area contributed by atoms with E-state index < -0.39 is 0 Å². The predicted octanol–water partition coefficient (Wildman–Crippen LogP) is 1.93. The number of hydrogen-bond donors (Lipinski definition) is 1. The van der Waals surface area contributed by atoms with Gasteiger partial charge < -0.3 is 5.32 Å². The molecule has 0 spiro atoms. The lowest BCUT2D eigenvalue weighted by atomic mass is 9.90. The van der Waals surface area contributed by atoms with Gasteiger partial charge in [0, 0.05) is 42.6 Å². The molecule has 2 unspecified atom stereocenters. The summed E-state index contributed by atoms with van der Waals surface area (Å²) in [5.41, 5.74) is 0.337. The molecular formula is C13H17N3O2S. The van der Waals surface area contributed by atoms with Crippen molar-refractivity contribution < 1.29 is 4.92 Å². The van der Waals surface area contributed by atoms with Gasteiger partial charge in [0.1, 0.15) is 0 Å². The minimum atomic E-state index is -0.245. The molecule has 5 nitrogen and oxygen atoms in total. The number of fused-ring (bicyclic) bond motifs is 3. The summed E-state index contributed by atoms with van der Waals surface area (Å²) in [4.78, 5) is 15.7. The number of allylic oxidation sites excluding steroid dienone is 3. The summed E-state index contributed by atoms with van der Waals surface area (Å²) < 4.78 is 0. The summed E-state index contributed by atoms with van der Waals surface area (Å²) in [6.07, 6.45) is 6.23. The molecule has 0 bridgehead atoms. The Labute approximate surface area is 116 Å². The highest BCUT2D eigenvalue weighted by molar-refractivity contribution is 8.07. The van der Waals surface area contributed by atoms with E-state index in [0.717, 1.165) is 19.6 Å². The first-order valence-electron chi connectivity index (χ1n) is 6.61. The molecule has 0 saturated carbocycles. The first kappa shape index (κ1) is 12.7. The fourth-order valence-corrected chi connectivity index (χ4v) is 4.38. The van der Waals surface area contributed by atoms with Crippen molar-refractivity contribution in [2.45, 2.75) is 19.4 Å². The highest BCUT2D eigenvalue weighted by Gasteiger charge is 2.43. The van der Waals surface area contributed by atoms with Crippen LogP contribution in [-0.4, -0.2) is 35.5 Å². The Morgan fingerprint density at radius 2 is 2.37 bits per heavy atom. The third kappa shape index (κ3) is 2.19. The number of likely N-dealkylation sites (N-methyl/N-ethyl adjacent to an activating group) is 1. The van der Waals surface area contributed by atoms with Crippen LogP contribution in [0.2, 0.25) is 0 Å². The fourth-order valence-electron chi connectivity index (χ4n) is 3.03. The summed E-state index contributed by atoms with van der Waals surface area (Å²) in [7, 11) is 0. The number of nitrogens with zero attached hydrogens (tertiary/aromatic N) is 2. The molecule has 1 aliphatic carbocycles. The van der Waals surface area contributed by atoms with E-state index in [-0.39, 0.29) is 10.8 Å². The Bertz CT molecular complexity index is 498.